The minimum absolute atomic E-state index is 0. The van der Waals surface area contributed by atoms with Crippen molar-refractivity contribution in [3.8, 4) is 11.1 Å². The molecular formula is C25H28LiN3O4S. The van der Waals surface area contributed by atoms with Gasteiger partial charge in [0.2, 0.25) is 0 Å². The van der Waals surface area contributed by atoms with Crippen LogP contribution in [-0.2, 0) is 22.7 Å². The molecule has 3 aromatic rings. The molecular weight excluding hydrogens is 445 g/mol. The second-order valence-corrected chi connectivity index (χ2v) is 8.57. The first-order chi connectivity index (χ1) is 16.0. The molecule has 0 saturated heterocycles. The zero-order chi connectivity index (χ0) is 23.6. The number of aromatic nitrogens is 2. The maximum absolute atomic E-state index is 13.1. The summed E-state index contributed by atoms with van der Waals surface area (Å²) >= 11 is 1.54. The Balaban J connectivity index is 0.00000306. The Morgan fingerprint density at radius 3 is 2.53 bits per heavy atom. The molecule has 1 amide bonds. The number of thioether (sulfide) groups is 1. The standard InChI is InChI=1S/C25H27N3O4S.Li.H/c1-17-5-3-4-6-20(17)22-13-18(15-32-16-19-9-11-26-27-14-19)7-8-21(22)24(29)28-23(25(30)31)10-12-33-2;;/h3-9,11,13-14,23H,10,12,15-16H2,1-2H3,(H,28,29)(H,30,31);;/q;+1;-1. The predicted octanol–water partition coefficient (Wildman–Crippen LogP) is 1.22. The molecule has 0 spiro atoms. The third-order valence-corrected chi connectivity index (χ3v) is 5.80. The van der Waals surface area contributed by atoms with E-state index >= 15 is 0 Å². The number of amides is 1. The van der Waals surface area contributed by atoms with E-state index in [0.29, 0.717) is 31.0 Å². The monoisotopic (exact) mass is 473 g/mol. The van der Waals surface area contributed by atoms with Gasteiger partial charge in [-0.2, -0.15) is 22.0 Å². The summed E-state index contributed by atoms with van der Waals surface area (Å²) in [6.45, 7) is 2.73. The number of aryl methyl sites for hydroxylation is 1. The first-order valence-electron chi connectivity index (χ1n) is 10.5. The molecule has 0 aliphatic heterocycles. The number of aliphatic carboxylic acids is 1. The Labute approximate surface area is 217 Å². The van der Waals surface area contributed by atoms with E-state index in [9.17, 15) is 14.7 Å². The Morgan fingerprint density at radius 1 is 1.09 bits per heavy atom. The van der Waals surface area contributed by atoms with Gasteiger partial charge in [-0.25, -0.2) is 4.79 Å². The topological polar surface area (TPSA) is 101 Å². The molecule has 0 aliphatic rings. The summed E-state index contributed by atoms with van der Waals surface area (Å²) in [6.07, 6.45) is 5.54. The fourth-order valence-corrected chi connectivity index (χ4v) is 3.87. The van der Waals surface area contributed by atoms with Gasteiger partial charge in [0, 0.05) is 11.8 Å². The van der Waals surface area contributed by atoms with Crippen LogP contribution in [0.15, 0.2) is 60.9 Å². The van der Waals surface area contributed by atoms with Gasteiger partial charge < -0.3 is 16.6 Å². The SMILES string of the molecule is CSCCC(NC(=O)c1ccc(COCc2ccnnc2)cc1-c1ccccc1C)C(=O)O.[H-].[Li+]. The fourth-order valence-electron chi connectivity index (χ4n) is 3.40. The van der Waals surface area contributed by atoms with Gasteiger partial charge in [0.25, 0.3) is 5.91 Å². The molecule has 174 valence electrons. The van der Waals surface area contributed by atoms with E-state index in [1.165, 1.54) is 0 Å². The molecule has 0 fully saturated rings. The largest absolute Gasteiger partial charge is 1.00 e. The fraction of sp³-hybridized carbons (Fsp3) is 0.280. The zero-order valence-corrected chi connectivity index (χ0v) is 20.5. The minimum atomic E-state index is -1.04. The summed E-state index contributed by atoms with van der Waals surface area (Å²) in [6, 6.07) is 14.2. The molecule has 7 nitrogen and oxygen atoms in total. The van der Waals surface area contributed by atoms with Crippen molar-refractivity contribution in [3.05, 3.63) is 83.2 Å². The Hall–Kier alpha value is -2.63. The van der Waals surface area contributed by atoms with Gasteiger partial charge in [-0.1, -0.05) is 30.3 Å². The van der Waals surface area contributed by atoms with E-state index in [4.69, 9.17) is 4.74 Å². The van der Waals surface area contributed by atoms with Gasteiger partial charge in [0.1, 0.15) is 6.04 Å². The number of nitrogens with zero attached hydrogens (tertiary/aromatic N) is 2. The van der Waals surface area contributed by atoms with E-state index in [1.54, 1.807) is 30.2 Å². The summed E-state index contributed by atoms with van der Waals surface area (Å²) in [5.41, 5.74) is 4.94. The Morgan fingerprint density at radius 2 is 1.85 bits per heavy atom. The van der Waals surface area contributed by atoms with Gasteiger partial charge in [0.05, 0.1) is 19.4 Å². The maximum atomic E-state index is 13.1. The van der Waals surface area contributed by atoms with E-state index in [0.717, 1.165) is 27.8 Å². The molecule has 0 bridgehead atoms. The van der Waals surface area contributed by atoms with Gasteiger partial charge in [-0.3, -0.25) is 4.79 Å². The van der Waals surface area contributed by atoms with E-state index in [1.807, 2.05) is 55.6 Å². The van der Waals surface area contributed by atoms with Crippen LogP contribution in [0.5, 0.6) is 0 Å². The number of rotatable bonds is 11. The number of nitrogens with one attached hydrogen (secondary N) is 1. The molecule has 0 saturated carbocycles. The number of carbonyl (C=O) groups is 2. The summed E-state index contributed by atoms with van der Waals surface area (Å²) in [4.78, 5) is 24.7. The van der Waals surface area contributed by atoms with Gasteiger partial charge in [-0.15, -0.1) is 0 Å². The summed E-state index contributed by atoms with van der Waals surface area (Å²) in [5, 5.41) is 19.8. The van der Waals surface area contributed by atoms with Crippen LogP contribution in [0.4, 0.5) is 0 Å². The third-order valence-electron chi connectivity index (χ3n) is 5.16. The molecule has 34 heavy (non-hydrogen) atoms. The molecule has 1 aromatic heterocycles. The van der Waals surface area contributed by atoms with Crippen LogP contribution < -0.4 is 24.2 Å². The Bertz CT molecular complexity index is 1110. The zero-order valence-electron chi connectivity index (χ0n) is 20.7. The van der Waals surface area contributed by atoms with Gasteiger partial charge >= 0.3 is 24.8 Å². The van der Waals surface area contributed by atoms with Crippen LogP contribution in [0.25, 0.3) is 11.1 Å². The minimum Gasteiger partial charge on any atom is -1.00 e. The molecule has 9 heteroatoms. The van der Waals surface area contributed by atoms with E-state index in [-0.39, 0.29) is 20.3 Å². The van der Waals surface area contributed by atoms with Crippen LogP contribution in [0.1, 0.15) is 34.9 Å². The van der Waals surface area contributed by atoms with Crippen molar-refractivity contribution in [1.82, 2.24) is 15.5 Å². The van der Waals surface area contributed by atoms with Crippen molar-refractivity contribution in [2.24, 2.45) is 0 Å². The summed E-state index contributed by atoms with van der Waals surface area (Å²) < 4.78 is 5.82. The average molecular weight is 474 g/mol. The number of ether oxygens (including phenoxy) is 1. The third kappa shape index (κ3) is 7.71. The number of carboxylic acid groups (broad SMARTS) is 1. The number of hydrogen-bond acceptors (Lipinski definition) is 6. The number of benzene rings is 2. The quantitative estimate of drug-likeness (QED) is 0.404. The van der Waals surface area contributed by atoms with Crippen molar-refractivity contribution in [3.63, 3.8) is 0 Å². The molecule has 0 aliphatic carbocycles. The number of carbonyl (C=O) groups excluding carboxylic acids is 1. The maximum Gasteiger partial charge on any atom is 1.00 e. The van der Waals surface area contributed by atoms with Crippen molar-refractivity contribution in [1.29, 1.82) is 0 Å². The van der Waals surface area contributed by atoms with Crippen molar-refractivity contribution in [2.45, 2.75) is 32.6 Å². The van der Waals surface area contributed by atoms with Crippen LogP contribution in [-0.4, -0.2) is 45.2 Å². The van der Waals surface area contributed by atoms with Crippen molar-refractivity contribution in [2.75, 3.05) is 12.0 Å². The first-order valence-corrected chi connectivity index (χ1v) is 11.9. The van der Waals surface area contributed by atoms with Crippen molar-refractivity contribution >= 4 is 23.6 Å². The molecule has 0 radical (unpaired) electrons. The van der Waals surface area contributed by atoms with E-state index < -0.39 is 17.9 Å². The van der Waals surface area contributed by atoms with Crippen LogP contribution in [0.3, 0.4) is 0 Å². The Kier molecular flexibility index (Phi) is 11.3. The molecule has 2 N–H and O–H groups in total. The van der Waals surface area contributed by atoms with Crippen LogP contribution >= 0.6 is 11.8 Å². The molecule has 1 heterocycles. The first kappa shape index (κ1) is 27.6. The normalized spacial score (nSPS) is 11.4. The van der Waals surface area contributed by atoms with Gasteiger partial charge in [-0.05, 0) is 71.4 Å². The van der Waals surface area contributed by atoms with E-state index in [2.05, 4.69) is 15.5 Å². The summed E-state index contributed by atoms with van der Waals surface area (Å²) in [7, 11) is 0. The molecule has 1 atom stereocenters. The van der Waals surface area contributed by atoms with Crippen molar-refractivity contribution < 1.29 is 39.7 Å². The van der Waals surface area contributed by atoms with Crippen LogP contribution in [0, 0.1) is 6.92 Å². The second kappa shape index (κ2) is 13.9. The number of hydrogen-bond donors (Lipinski definition) is 2. The average Bonchev–Trinajstić information content (AvgIpc) is 2.82. The predicted molar refractivity (Wildman–Crippen MR) is 130 cm³/mol. The van der Waals surface area contributed by atoms with Crippen LogP contribution in [0.2, 0.25) is 0 Å². The second-order valence-electron chi connectivity index (χ2n) is 7.58. The smallest absolute Gasteiger partial charge is 1.00 e. The summed E-state index contributed by atoms with van der Waals surface area (Å²) in [5.74, 6) is -0.798. The molecule has 1 unspecified atom stereocenters. The molecule has 3 rings (SSSR count). The molecule has 2 aromatic carbocycles. The number of carboxylic acids is 1. The van der Waals surface area contributed by atoms with Gasteiger partial charge in [0.15, 0.2) is 0 Å².